The van der Waals surface area contributed by atoms with E-state index in [0.29, 0.717) is 12.5 Å². The number of carbonyl (C=O) groups is 3. The van der Waals surface area contributed by atoms with Gasteiger partial charge in [0.05, 0.1) is 6.54 Å². The van der Waals surface area contributed by atoms with Crippen molar-refractivity contribution in [2.24, 2.45) is 11.8 Å². The summed E-state index contributed by atoms with van der Waals surface area (Å²) in [7, 11) is 0. The second-order valence-electron chi connectivity index (χ2n) is 9.10. The Labute approximate surface area is 205 Å². The molecule has 4 rings (SSSR count). The maximum atomic E-state index is 12.6. The molecular formula is C28H30N2O5. The number of rotatable bonds is 8. The first kappa shape index (κ1) is 24.3. The Balaban J connectivity index is 1.31. The van der Waals surface area contributed by atoms with Crippen LogP contribution in [-0.4, -0.2) is 42.8 Å². The molecule has 0 bridgehead atoms. The molecule has 182 valence electrons. The Hall–Kier alpha value is -3.79. The van der Waals surface area contributed by atoms with Crippen molar-refractivity contribution >= 4 is 18.0 Å². The van der Waals surface area contributed by atoms with Crippen LogP contribution in [0.3, 0.4) is 0 Å². The van der Waals surface area contributed by atoms with Crippen molar-refractivity contribution in [1.82, 2.24) is 10.6 Å². The molecule has 1 saturated carbocycles. The van der Waals surface area contributed by atoms with Gasteiger partial charge in [0.1, 0.15) is 6.61 Å². The van der Waals surface area contributed by atoms with Gasteiger partial charge in [-0.2, -0.15) is 0 Å². The van der Waals surface area contributed by atoms with Crippen molar-refractivity contribution in [3.63, 3.8) is 0 Å². The molecule has 2 aromatic rings. The maximum Gasteiger partial charge on any atom is 0.407 e. The number of carboxylic acids is 1. The van der Waals surface area contributed by atoms with Crippen molar-refractivity contribution in [3.05, 3.63) is 59.7 Å². The number of benzene rings is 2. The highest BCUT2D eigenvalue weighted by molar-refractivity contribution is 5.86. The maximum absolute atomic E-state index is 12.6. The van der Waals surface area contributed by atoms with Crippen molar-refractivity contribution < 1.29 is 24.2 Å². The van der Waals surface area contributed by atoms with E-state index >= 15 is 0 Å². The highest BCUT2D eigenvalue weighted by Crippen LogP contribution is 2.44. The van der Waals surface area contributed by atoms with Gasteiger partial charge in [-0.05, 0) is 34.1 Å². The van der Waals surface area contributed by atoms with E-state index in [1.807, 2.05) is 30.2 Å². The summed E-state index contributed by atoms with van der Waals surface area (Å²) in [5.41, 5.74) is 4.68. The van der Waals surface area contributed by atoms with Gasteiger partial charge in [0, 0.05) is 24.8 Å². The zero-order chi connectivity index (χ0) is 24.6. The Morgan fingerprint density at radius 3 is 2.23 bits per heavy atom. The minimum absolute atomic E-state index is 0.00327. The summed E-state index contributed by atoms with van der Waals surface area (Å²) < 4.78 is 5.64. The van der Waals surface area contributed by atoms with E-state index in [2.05, 4.69) is 40.8 Å². The normalized spacial score (nSPS) is 15.3. The first-order valence-corrected chi connectivity index (χ1v) is 12.1. The van der Waals surface area contributed by atoms with Gasteiger partial charge in [-0.25, -0.2) is 9.59 Å². The fourth-order valence-corrected chi connectivity index (χ4v) is 5.27. The molecule has 0 heterocycles. The number of carboxylic acid groups (broad SMARTS) is 1. The molecule has 7 nitrogen and oxygen atoms in total. The predicted molar refractivity (Wildman–Crippen MR) is 132 cm³/mol. The second kappa shape index (κ2) is 11.6. The molecule has 0 saturated heterocycles. The summed E-state index contributed by atoms with van der Waals surface area (Å²) in [5, 5.41) is 14.1. The second-order valence-corrected chi connectivity index (χ2v) is 9.10. The molecule has 3 N–H and O–H groups in total. The number of fused-ring (bicyclic) bond motifs is 3. The van der Waals surface area contributed by atoms with Crippen LogP contribution >= 0.6 is 0 Å². The topological polar surface area (TPSA) is 105 Å². The summed E-state index contributed by atoms with van der Waals surface area (Å²) >= 11 is 0. The van der Waals surface area contributed by atoms with E-state index in [1.165, 1.54) is 11.1 Å². The molecule has 2 aliphatic rings. The first-order valence-electron chi connectivity index (χ1n) is 12.1. The number of amides is 2. The van der Waals surface area contributed by atoms with E-state index < -0.39 is 12.1 Å². The van der Waals surface area contributed by atoms with Gasteiger partial charge in [0.15, 0.2) is 0 Å². The monoisotopic (exact) mass is 474 g/mol. The van der Waals surface area contributed by atoms with Crippen molar-refractivity contribution in [1.29, 1.82) is 0 Å². The Bertz CT molecular complexity index is 1100. The van der Waals surface area contributed by atoms with E-state index in [9.17, 15) is 14.4 Å². The predicted octanol–water partition coefficient (Wildman–Crippen LogP) is 3.93. The molecule has 2 amide bonds. The fraction of sp³-hybridized carbons (Fsp3) is 0.393. The summed E-state index contributed by atoms with van der Waals surface area (Å²) in [6.07, 6.45) is 4.08. The van der Waals surface area contributed by atoms with E-state index in [-0.39, 0.29) is 37.3 Å². The van der Waals surface area contributed by atoms with E-state index in [4.69, 9.17) is 9.84 Å². The van der Waals surface area contributed by atoms with E-state index in [1.54, 1.807) is 0 Å². The van der Waals surface area contributed by atoms with Crippen LogP contribution in [0, 0.1) is 23.7 Å². The zero-order valence-electron chi connectivity index (χ0n) is 19.6. The number of hydrogen-bond donors (Lipinski definition) is 3. The molecule has 7 heteroatoms. The minimum atomic E-state index is -1.23. The molecular weight excluding hydrogens is 444 g/mol. The SMILES string of the molecule is O=C(O)C#CCNC(=O)CC(CNC(=O)OCC1c2ccccc2-c2ccccc21)C1CCCC1. The highest BCUT2D eigenvalue weighted by Gasteiger charge is 2.30. The van der Waals surface area contributed by atoms with Gasteiger partial charge in [0.2, 0.25) is 5.91 Å². The Morgan fingerprint density at radius 2 is 1.60 bits per heavy atom. The van der Waals surface area contributed by atoms with Crippen LogP contribution in [0.15, 0.2) is 48.5 Å². The van der Waals surface area contributed by atoms with Crippen molar-refractivity contribution in [2.45, 2.75) is 38.0 Å². The first-order chi connectivity index (χ1) is 17.0. The summed E-state index contributed by atoms with van der Waals surface area (Å²) in [4.78, 5) is 35.4. The molecule has 1 atom stereocenters. The van der Waals surface area contributed by atoms with Gasteiger partial charge in [0.25, 0.3) is 0 Å². The van der Waals surface area contributed by atoms with Crippen LogP contribution in [0.2, 0.25) is 0 Å². The summed E-state index contributed by atoms with van der Waals surface area (Å²) in [6, 6.07) is 16.4. The average Bonchev–Trinajstić information content (AvgIpc) is 3.50. The summed E-state index contributed by atoms with van der Waals surface area (Å²) in [6.45, 7) is 0.592. The quantitative estimate of drug-likeness (QED) is 0.503. The lowest BCUT2D eigenvalue weighted by atomic mass is 9.87. The molecule has 0 spiro atoms. The van der Waals surface area contributed by atoms with Gasteiger partial charge >= 0.3 is 12.1 Å². The standard InChI is InChI=1S/C28H30N2O5/c31-26(29-15-7-14-27(32)33)16-20(19-8-1-2-9-19)17-30-28(34)35-18-25-23-12-5-3-10-21(23)22-11-4-6-13-24(22)25/h3-6,10-13,19-20,25H,1-2,8-9,15-18H2,(H,29,31)(H,30,34)(H,32,33). The third-order valence-electron chi connectivity index (χ3n) is 6.94. The lowest BCUT2D eigenvalue weighted by molar-refractivity contribution is -0.130. The van der Waals surface area contributed by atoms with Gasteiger partial charge in [-0.15, -0.1) is 0 Å². The zero-order valence-corrected chi connectivity index (χ0v) is 19.6. The van der Waals surface area contributed by atoms with Crippen LogP contribution in [0.1, 0.15) is 49.1 Å². The molecule has 35 heavy (non-hydrogen) atoms. The number of hydrogen-bond acceptors (Lipinski definition) is 4. The van der Waals surface area contributed by atoms with Crippen molar-refractivity contribution in [2.75, 3.05) is 19.7 Å². The van der Waals surface area contributed by atoms with Crippen LogP contribution in [0.5, 0.6) is 0 Å². The van der Waals surface area contributed by atoms with Crippen molar-refractivity contribution in [3.8, 4) is 23.0 Å². The lowest BCUT2D eigenvalue weighted by Gasteiger charge is -2.23. The molecule has 1 fully saturated rings. The smallest absolute Gasteiger partial charge is 0.407 e. The number of alkyl carbamates (subject to hydrolysis) is 1. The number of aliphatic carboxylic acids is 1. The molecule has 0 aromatic heterocycles. The Kier molecular flexibility index (Phi) is 8.04. The molecule has 0 aliphatic heterocycles. The van der Waals surface area contributed by atoms with Gasteiger partial charge in [-0.1, -0.05) is 80.1 Å². The molecule has 2 aliphatic carbocycles. The van der Waals surface area contributed by atoms with Gasteiger partial charge < -0.3 is 20.5 Å². The van der Waals surface area contributed by atoms with Crippen LogP contribution in [0.25, 0.3) is 11.1 Å². The third kappa shape index (κ3) is 6.21. The largest absolute Gasteiger partial charge is 0.472 e. The molecule has 1 unspecified atom stereocenters. The van der Waals surface area contributed by atoms with Crippen LogP contribution < -0.4 is 10.6 Å². The van der Waals surface area contributed by atoms with E-state index in [0.717, 1.165) is 36.8 Å². The average molecular weight is 475 g/mol. The highest BCUT2D eigenvalue weighted by atomic mass is 16.5. The van der Waals surface area contributed by atoms with Crippen LogP contribution in [0.4, 0.5) is 4.79 Å². The van der Waals surface area contributed by atoms with Crippen LogP contribution in [-0.2, 0) is 14.3 Å². The fourth-order valence-electron chi connectivity index (χ4n) is 5.27. The van der Waals surface area contributed by atoms with Gasteiger partial charge in [-0.3, -0.25) is 4.79 Å². The minimum Gasteiger partial charge on any atom is -0.472 e. The molecule has 0 radical (unpaired) electrons. The third-order valence-corrected chi connectivity index (χ3v) is 6.94. The Morgan fingerprint density at radius 1 is 0.971 bits per heavy atom. The summed E-state index contributed by atoms with van der Waals surface area (Å²) in [5.74, 6) is 3.30. The number of carbonyl (C=O) groups excluding carboxylic acids is 2. The molecule has 2 aromatic carbocycles. The number of nitrogens with one attached hydrogen (secondary N) is 2. The number of ether oxygens (including phenoxy) is 1. The lowest BCUT2D eigenvalue weighted by Crippen LogP contribution is -2.36.